The summed E-state index contributed by atoms with van der Waals surface area (Å²) in [5, 5.41) is 19.4. The summed E-state index contributed by atoms with van der Waals surface area (Å²) >= 11 is 0. The van der Waals surface area contributed by atoms with Gasteiger partial charge < -0.3 is 14.9 Å². The van der Waals surface area contributed by atoms with E-state index in [0.717, 1.165) is 47.7 Å². The van der Waals surface area contributed by atoms with Gasteiger partial charge in [0.2, 0.25) is 0 Å². The standard InChI is InChI=1S/C20H26N4O/c1-13-9-14(2)19(18(25)10-13)17-11-15-6-8-24(20(15)22-21-17)16-5-4-7-23(3)12-16/h9-11,16,25H,4-8,12H2,1-3H3/t16-/m1/s1. The molecule has 0 unspecified atom stereocenters. The number of rotatable bonds is 2. The van der Waals surface area contributed by atoms with E-state index in [2.05, 4.69) is 39.2 Å². The summed E-state index contributed by atoms with van der Waals surface area (Å²) in [6, 6.07) is 6.52. The van der Waals surface area contributed by atoms with Crippen LogP contribution < -0.4 is 4.90 Å². The van der Waals surface area contributed by atoms with Crippen LogP contribution in [-0.2, 0) is 6.42 Å². The molecule has 5 heteroatoms. The minimum atomic E-state index is 0.288. The molecular weight excluding hydrogens is 312 g/mol. The molecule has 5 nitrogen and oxygen atoms in total. The Morgan fingerprint density at radius 2 is 1.96 bits per heavy atom. The van der Waals surface area contributed by atoms with E-state index >= 15 is 0 Å². The molecule has 2 aliphatic rings. The normalized spacial score (nSPS) is 20.8. The number of aryl methyl sites for hydroxylation is 2. The number of hydrogen-bond acceptors (Lipinski definition) is 5. The molecule has 1 aromatic heterocycles. The molecule has 1 atom stereocenters. The molecule has 2 aliphatic heterocycles. The fourth-order valence-electron chi connectivity index (χ4n) is 4.35. The molecule has 1 aromatic carbocycles. The van der Waals surface area contributed by atoms with E-state index < -0.39 is 0 Å². The number of aromatic hydroxyl groups is 1. The first-order valence-corrected chi connectivity index (χ1v) is 9.15. The van der Waals surface area contributed by atoms with Crippen molar-refractivity contribution in [1.82, 2.24) is 15.1 Å². The molecule has 1 fully saturated rings. The van der Waals surface area contributed by atoms with Gasteiger partial charge in [-0.15, -0.1) is 10.2 Å². The number of anilines is 1. The molecule has 0 radical (unpaired) electrons. The fourth-order valence-corrected chi connectivity index (χ4v) is 4.35. The highest BCUT2D eigenvalue weighted by Crippen LogP contribution is 2.36. The van der Waals surface area contributed by atoms with Crippen molar-refractivity contribution < 1.29 is 5.11 Å². The monoisotopic (exact) mass is 338 g/mol. The minimum absolute atomic E-state index is 0.288. The van der Waals surface area contributed by atoms with Crippen molar-refractivity contribution in [1.29, 1.82) is 0 Å². The van der Waals surface area contributed by atoms with Crippen LogP contribution in [0.4, 0.5) is 5.82 Å². The highest BCUT2D eigenvalue weighted by atomic mass is 16.3. The van der Waals surface area contributed by atoms with Gasteiger partial charge in [0.1, 0.15) is 5.75 Å². The Morgan fingerprint density at radius 1 is 1.12 bits per heavy atom. The van der Waals surface area contributed by atoms with Gasteiger partial charge in [-0.05, 0) is 70.0 Å². The van der Waals surface area contributed by atoms with Crippen LogP contribution in [0.15, 0.2) is 18.2 Å². The average Bonchev–Trinajstić information content (AvgIpc) is 2.97. The molecular formula is C20H26N4O. The lowest BCUT2D eigenvalue weighted by molar-refractivity contribution is 0.245. The van der Waals surface area contributed by atoms with Crippen molar-refractivity contribution in [3.05, 3.63) is 34.9 Å². The van der Waals surface area contributed by atoms with Crippen LogP contribution in [0.5, 0.6) is 5.75 Å². The Hall–Kier alpha value is -2.14. The second kappa shape index (κ2) is 6.30. The van der Waals surface area contributed by atoms with Crippen molar-refractivity contribution in [2.24, 2.45) is 0 Å². The molecule has 0 aliphatic carbocycles. The zero-order chi connectivity index (χ0) is 17.6. The van der Waals surface area contributed by atoms with Crippen LogP contribution in [0.3, 0.4) is 0 Å². The third-order valence-corrected chi connectivity index (χ3v) is 5.50. The molecule has 1 N–H and O–H groups in total. The second-order valence-corrected chi connectivity index (χ2v) is 7.56. The van der Waals surface area contributed by atoms with Gasteiger partial charge in [0.15, 0.2) is 5.82 Å². The zero-order valence-corrected chi connectivity index (χ0v) is 15.3. The first kappa shape index (κ1) is 16.3. The van der Waals surface area contributed by atoms with E-state index in [0.29, 0.717) is 6.04 Å². The number of aromatic nitrogens is 2. The van der Waals surface area contributed by atoms with Crippen LogP contribution in [0, 0.1) is 13.8 Å². The summed E-state index contributed by atoms with van der Waals surface area (Å²) in [6.07, 6.45) is 3.48. The highest BCUT2D eigenvalue weighted by molar-refractivity contribution is 5.73. The van der Waals surface area contributed by atoms with Crippen molar-refractivity contribution in [2.75, 3.05) is 31.6 Å². The van der Waals surface area contributed by atoms with Gasteiger partial charge in [-0.1, -0.05) is 6.07 Å². The minimum Gasteiger partial charge on any atom is -0.507 e. The van der Waals surface area contributed by atoms with Gasteiger partial charge in [-0.25, -0.2) is 0 Å². The van der Waals surface area contributed by atoms with Gasteiger partial charge in [0.25, 0.3) is 0 Å². The quantitative estimate of drug-likeness (QED) is 0.912. The number of nitrogens with zero attached hydrogens (tertiary/aromatic N) is 4. The maximum Gasteiger partial charge on any atom is 0.154 e. The Morgan fingerprint density at radius 3 is 2.72 bits per heavy atom. The van der Waals surface area contributed by atoms with Crippen LogP contribution in [0.2, 0.25) is 0 Å². The van der Waals surface area contributed by atoms with Crippen molar-refractivity contribution >= 4 is 5.82 Å². The number of hydrogen-bond donors (Lipinski definition) is 1. The molecule has 3 heterocycles. The number of piperidine rings is 1. The molecule has 0 bridgehead atoms. The molecule has 132 valence electrons. The van der Waals surface area contributed by atoms with Gasteiger partial charge in [-0.2, -0.15) is 0 Å². The van der Waals surface area contributed by atoms with Crippen LogP contribution >= 0.6 is 0 Å². The van der Waals surface area contributed by atoms with Crippen LogP contribution in [-0.4, -0.2) is 52.9 Å². The lowest BCUT2D eigenvalue weighted by Crippen LogP contribution is -2.46. The molecule has 4 rings (SSSR count). The van der Waals surface area contributed by atoms with Crippen molar-refractivity contribution in [3.8, 4) is 17.0 Å². The van der Waals surface area contributed by atoms with Gasteiger partial charge in [0, 0.05) is 30.3 Å². The van der Waals surface area contributed by atoms with Crippen molar-refractivity contribution in [2.45, 2.75) is 39.2 Å². The molecule has 0 amide bonds. The van der Waals surface area contributed by atoms with Crippen LogP contribution in [0.25, 0.3) is 11.3 Å². The van der Waals surface area contributed by atoms with E-state index in [1.165, 1.54) is 24.9 Å². The third kappa shape index (κ3) is 2.97. The van der Waals surface area contributed by atoms with E-state index in [4.69, 9.17) is 0 Å². The first-order valence-electron chi connectivity index (χ1n) is 9.15. The van der Waals surface area contributed by atoms with E-state index in [1.54, 1.807) is 6.07 Å². The Labute approximate surface area is 149 Å². The molecule has 25 heavy (non-hydrogen) atoms. The Balaban J connectivity index is 1.66. The van der Waals surface area contributed by atoms with E-state index in [9.17, 15) is 5.11 Å². The van der Waals surface area contributed by atoms with Crippen LogP contribution in [0.1, 0.15) is 29.5 Å². The largest absolute Gasteiger partial charge is 0.507 e. The van der Waals surface area contributed by atoms with Crippen molar-refractivity contribution in [3.63, 3.8) is 0 Å². The van der Waals surface area contributed by atoms with E-state index in [1.807, 2.05) is 13.8 Å². The SMILES string of the molecule is Cc1cc(C)c(-c2cc3c(nn2)N([C@@H]2CCCN(C)C2)CC3)c(O)c1. The maximum absolute atomic E-state index is 10.4. The molecule has 0 saturated carbocycles. The second-order valence-electron chi connectivity index (χ2n) is 7.56. The summed E-state index contributed by atoms with van der Waals surface area (Å²) in [5.74, 6) is 1.32. The number of likely N-dealkylation sites (tertiary alicyclic amines) is 1. The summed E-state index contributed by atoms with van der Waals surface area (Å²) in [4.78, 5) is 4.84. The Bertz CT molecular complexity index is 781. The number of phenols is 1. The first-order chi connectivity index (χ1) is 12.0. The Kier molecular flexibility index (Phi) is 4.12. The highest BCUT2D eigenvalue weighted by Gasteiger charge is 2.30. The third-order valence-electron chi connectivity index (χ3n) is 5.50. The lowest BCUT2D eigenvalue weighted by Gasteiger charge is -2.36. The van der Waals surface area contributed by atoms with Gasteiger partial charge in [-0.3, -0.25) is 0 Å². The topological polar surface area (TPSA) is 52.5 Å². The maximum atomic E-state index is 10.4. The summed E-state index contributed by atoms with van der Waals surface area (Å²) in [7, 11) is 2.20. The van der Waals surface area contributed by atoms with E-state index in [-0.39, 0.29) is 5.75 Å². The summed E-state index contributed by atoms with van der Waals surface area (Å²) < 4.78 is 0. The number of fused-ring (bicyclic) bond motifs is 1. The molecule has 0 spiro atoms. The number of benzene rings is 1. The molecule has 1 saturated heterocycles. The predicted molar refractivity (Wildman–Crippen MR) is 100 cm³/mol. The number of phenolic OH excluding ortho intramolecular Hbond substituents is 1. The zero-order valence-electron chi connectivity index (χ0n) is 15.3. The number of likely N-dealkylation sites (N-methyl/N-ethyl adjacent to an activating group) is 1. The summed E-state index contributed by atoms with van der Waals surface area (Å²) in [5.41, 5.74) is 4.92. The fraction of sp³-hybridized carbons (Fsp3) is 0.500. The predicted octanol–water partition coefficient (Wildman–Crippen LogP) is 2.92. The van der Waals surface area contributed by atoms with Gasteiger partial charge >= 0.3 is 0 Å². The van der Waals surface area contributed by atoms with Gasteiger partial charge in [0.05, 0.1) is 5.69 Å². The summed E-state index contributed by atoms with van der Waals surface area (Å²) in [6.45, 7) is 7.31. The average molecular weight is 338 g/mol. The smallest absolute Gasteiger partial charge is 0.154 e. The lowest BCUT2D eigenvalue weighted by atomic mass is 10.0. The molecule has 2 aromatic rings.